The maximum Gasteiger partial charge on any atom is 0.237 e. The third kappa shape index (κ3) is 4.76. The maximum atomic E-state index is 13.0. The van der Waals surface area contributed by atoms with Gasteiger partial charge in [-0.3, -0.25) is 9.69 Å². The molecule has 2 aromatic rings. The maximum absolute atomic E-state index is 13.0. The number of benzene rings is 1. The first-order valence-corrected chi connectivity index (χ1v) is 10.6. The van der Waals surface area contributed by atoms with E-state index in [2.05, 4.69) is 37.9 Å². The van der Waals surface area contributed by atoms with Gasteiger partial charge in [-0.2, -0.15) is 0 Å². The molecular formula is C21H30N6O. The number of likely N-dealkylation sites (tertiary alicyclic amines) is 1. The molecule has 1 N–H and O–H groups in total. The lowest BCUT2D eigenvalue weighted by atomic mass is 9.89. The van der Waals surface area contributed by atoms with E-state index in [1.54, 1.807) is 6.33 Å². The SMILES string of the molecule is O=C(NCCc1ccccc1)[C@@H]1C[C@H](n2cnnn2)CN1CC1CCCCC1. The Hall–Kier alpha value is -2.28. The minimum atomic E-state index is -0.0908. The molecule has 7 heteroatoms. The molecule has 7 nitrogen and oxygen atoms in total. The van der Waals surface area contributed by atoms with Gasteiger partial charge in [0, 0.05) is 19.6 Å². The number of hydrogen-bond acceptors (Lipinski definition) is 5. The van der Waals surface area contributed by atoms with Crippen LogP contribution < -0.4 is 5.32 Å². The van der Waals surface area contributed by atoms with Gasteiger partial charge in [0.25, 0.3) is 0 Å². The summed E-state index contributed by atoms with van der Waals surface area (Å²) in [4.78, 5) is 15.4. The highest BCUT2D eigenvalue weighted by molar-refractivity contribution is 5.82. The molecule has 1 aromatic carbocycles. The average Bonchev–Trinajstić information content (AvgIpc) is 3.39. The van der Waals surface area contributed by atoms with E-state index in [0.29, 0.717) is 12.5 Å². The summed E-state index contributed by atoms with van der Waals surface area (Å²) in [6.45, 7) is 2.53. The molecule has 1 aliphatic carbocycles. The second-order valence-electron chi connectivity index (χ2n) is 8.18. The third-order valence-electron chi connectivity index (χ3n) is 6.20. The van der Waals surface area contributed by atoms with Crippen LogP contribution in [0.2, 0.25) is 0 Å². The first-order valence-electron chi connectivity index (χ1n) is 10.6. The minimum absolute atomic E-state index is 0.0908. The first kappa shape index (κ1) is 19.1. The van der Waals surface area contributed by atoms with Gasteiger partial charge in [-0.25, -0.2) is 4.68 Å². The zero-order valence-corrected chi connectivity index (χ0v) is 16.4. The predicted molar refractivity (Wildman–Crippen MR) is 107 cm³/mol. The second kappa shape index (κ2) is 9.28. The van der Waals surface area contributed by atoms with Gasteiger partial charge >= 0.3 is 0 Å². The van der Waals surface area contributed by atoms with Crippen molar-refractivity contribution < 1.29 is 4.79 Å². The Bertz CT molecular complexity index is 729. The summed E-state index contributed by atoms with van der Waals surface area (Å²) in [6.07, 6.45) is 9.87. The summed E-state index contributed by atoms with van der Waals surface area (Å²) in [5.41, 5.74) is 1.25. The largest absolute Gasteiger partial charge is 0.354 e. The molecule has 150 valence electrons. The van der Waals surface area contributed by atoms with Crippen LogP contribution in [0.25, 0.3) is 0 Å². The summed E-state index contributed by atoms with van der Waals surface area (Å²) in [7, 11) is 0. The van der Waals surface area contributed by atoms with Crippen LogP contribution in [0.1, 0.15) is 50.1 Å². The topological polar surface area (TPSA) is 75.9 Å². The fourth-order valence-electron chi connectivity index (χ4n) is 4.68. The number of hydrogen-bond donors (Lipinski definition) is 1. The molecule has 1 aliphatic heterocycles. The number of nitrogens with zero attached hydrogens (tertiary/aromatic N) is 5. The monoisotopic (exact) mass is 382 g/mol. The van der Waals surface area contributed by atoms with Gasteiger partial charge < -0.3 is 5.32 Å². The van der Waals surface area contributed by atoms with E-state index in [0.717, 1.165) is 25.9 Å². The Balaban J connectivity index is 1.36. The van der Waals surface area contributed by atoms with Crippen molar-refractivity contribution in [1.82, 2.24) is 30.4 Å². The molecule has 1 aromatic heterocycles. The lowest BCUT2D eigenvalue weighted by Gasteiger charge is -2.30. The van der Waals surface area contributed by atoms with Crippen LogP contribution in [0.15, 0.2) is 36.7 Å². The Morgan fingerprint density at radius 1 is 1.14 bits per heavy atom. The van der Waals surface area contributed by atoms with Crippen molar-refractivity contribution in [1.29, 1.82) is 0 Å². The van der Waals surface area contributed by atoms with Crippen LogP contribution in [0.4, 0.5) is 0 Å². The molecule has 2 atom stereocenters. The molecule has 0 bridgehead atoms. The smallest absolute Gasteiger partial charge is 0.237 e. The molecule has 2 fully saturated rings. The van der Waals surface area contributed by atoms with Gasteiger partial charge in [-0.05, 0) is 47.6 Å². The fraction of sp³-hybridized carbons (Fsp3) is 0.619. The van der Waals surface area contributed by atoms with Crippen molar-refractivity contribution in [3.63, 3.8) is 0 Å². The number of carbonyl (C=O) groups is 1. The van der Waals surface area contributed by atoms with Crippen molar-refractivity contribution in [2.45, 2.75) is 57.0 Å². The summed E-state index contributed by atoms with van der Waals surface area (Å²) >= 11 is 0. The highest BCUT2D eigenvalue weighted by Gasteiger charge is 2.39. The van der Waals surface area contributed by atoms with E-state index in [1.807, 2.05) is 22.9 Å². The van der Waals surface area contributed by atoms with Crippen LogP contribution in [0.5, 0.6) is 0 Å². The Kier molecular flexibility index (Phi) is 6.31. The number of carbonyl (C=O) groups excluding carboxylic acids is 1. The van der Waals surface area contributed by atoms with Crippen molar-refractivity contribution in [2.24, 2.45) is 5.92 Å². The summed E-state index contributed by atoms with van der Waals surface area (Å²) < 4.78 is 1.81. The number of aromatic nitrogens is 4. The number of rotatable bonds is 7. The van der Waals surface area contributed by atoms with E-state index in [4.69, 9.17) is 0 Å². The molecule has 28 heavy (non-hydrogen) atoms. The zero-order valence-electron chi connectivity index (χ0n) is 16.4. The van der Waals surface area contributed by atoms with Gasteiger partial charge in [-0.15, -0.1) is 5.10 Å². The van der Waals surface area contributed by atoms with Gasteiger partial charge in [0.05, 0.1) is 12.1 Å². The molecule has 1 saturated carbocycles. The van der Waals surface area contributed by atoms with E-state index >= 15 is 0 Å². The highest BCUT2D eigenvalue weighted by Crippen LogP contribution is 2.31. The lowest BCUT2D eigenvalue weighted by molar-refractivity contribution is -0.125. The molecule has 0 radical (unpaired) electrons. The van der Waals surface area contributed by atoms with E-state index in [9.17, 15) is 4.79 Å². The quantitative estimate of drug-likeness (QED) is 0.795. The highest BCUT2D eigenvalue weighted by atomic mass is 16.2. The molecule has 4 rings (SSSR count). The second-order valence-corrected chi connectivity index (χ2v) is 8.18. The van der Waals surface area contributed by atoms with Crippen LogP contribution >= 0.6 is 0 Å². The van der Waals surface area contributed by atoms with E-state index in [-0.39, 0.29) is 18.0 Å². The molecule has 2 aliphatic rings. The number of amides is 1. The fourth-order valence-corrected chi connectivity index (χ4v) is 4.68. The molecule has 2 heterocycles. The van der Waals surface area contributed by atoms with Crippen LogP contribution in [-0.2, 0) is 11.2 Å². The summed E-state index contributed by atoms with van der Waals surface area (Å²) in [6, 6.07) is 10.4. The van der Waals surface area contributed by atoms with Crippen molar-refractivity contribution in [3.05, 3.63) is 42.2 Å². The van der Waals surface area contributed by atoms with Crippen molar-refractivity contribution in [2.75, 3.05) is 19.6 Å². The molecule has 0 unspecified atom stereocenters. The van der Waals surface area contributed by atoms with Gasteiger partial charge in [0.2, 0.25) is 5.91 Å². The Labute approximate surface area is 166 Å². The van der Waals surface area contributed by atoms with Gasteiger partial charge in [0.1, 0.15) is 6.33 Å². The molecule has 1 amide bonds. The van der Waals surface area contributed by atoms with Crippen molar-refractivity contribution in [3.8, 4) is 0 Å². The summed E-state index contributed by atoms with van der Waals surface area (Å²) in [5, 5.41) is 14.8. The average molecular weight is 383 g/mol. The first-order chi connectivity index (χ1) is 13.8. The zero-order chi connectivity index (χ0) is 19.2. The van der Waals surface area contributed by atoms with Gasteiger partial charge in [0.15, 0.2) is 0 Å². The van der Waals surface area contributed by atoms with Crippen LogP contribution in [-0.4, -0.2) is 56.7 Å². The third-order valence-corrected chi connectivity index (χ3v) is 6.20. The number of tetrazole rings is 1. The van der Waals surface area contributed by atoms with Crippen molar-refractivity contribution >= 4 is 5.91 Å². The summed E-state index contributed by atoms with van der Waals surface area (Å²) in [5.74, 6) is 0.850. The molecule has 1 saturated heterocycles. The predicted octanol–water partition coefficient (Wildman–Crippen LogP) is 2.23. The van der Waals surface area contributed by atoms with Gasteiger partial charge in [-0.1, -0.05) is 49.6 Å². The Morgan fingerprint density at radius 3 is 2.71 bits per heavy atom. The van der Waals surface area contributed by atoms with E-state index in [1.165, 1.54) is 37.7 Å². The Morgan fingerprint density at radius 2 is 1.96 bits per heavy atom. The lowest BCUT2D eigenvalue weighted by Crippen LogP contribution is -2.45. The standard InChI is InChI=1S/C21H30N6O/c28-21(22-12-11-17-7-3-1-4-8-17)20-13-19(27-16-23-24-25-27)15-26(20)14-18-9-5-2-6-10-18/h1,3-4,7-8,16,18-20H,2,5-6,9-15H2,(H,22,28)/t19-,20-/m0/s1. The van der Waals surface area contributed by atoms with Crippen LogP contribution in [0, 0.1) is 5.92 Å². The normalized spacial score (nSPS) is 23.7. The number of nitrogens with one attached hydrogen (secondary N) is 1. The molecule has 0 spiro atoms. The van der Waals surface area contributed by atoms with Crippen LogP contribution in [0.3, 0.4) is 0 Å². The molecular weight excluding hydrogens is 352 g/mol. The van der Waals surface area contributed by atoms with E-state index < -0.39 is 0 Å². The minimum Gasteiger partial charge on any atom is -0.354 e.